The first-order chi connectivity index (χ1) is 12.8. The number of nitrogens with one attached hydrogen (secondary N) is 1. The number of hydrazone groups is 1. The van der Waals surface area contributed by atoms with Gasteiger partial charge in [0.05, 0.1) is 26.3 Å². The number of hydrogen-bond acceptors (Lipinski definition) is 8. The molecule has 0 fully saturated rings. The van der Waals surface area contributed by atoms with E-state index in [1.165, 1.54) is 24.3 Å². The molecule has 0 heterocycles. The summed E-state index contributed by atoms with van der Waals surface area (Å²) in [5.41, 5.74) is 1.99. The smallest absolute Gasteiger partial charge is 0.271 e. The van der Waals surface area contributed by atoms with E-state index >= 15 is 0 Å². The van der Waals surface area contributed by atoms with Crippen molar-refractivity contribution in [1.29, 1.82) is 0 Å². The fourth-order valence-corrected chi connectivity index (χ4v) is 2.98. The van der Waals surface area contributed by atoms with Crippen LogP contribution in [0, 0.1) is 20.2 Å². The lowest BCUT2D eigenvalue weighted by Crippen LogP contribution is -2.19. The first-order valence-electron chi connectivity index (χ1n) is 7.14. The molecule has 0 aliphatic carbocycles. The number of nitrogens with zero attached hydrogens (tertiary/aromatic N) is 3. The lowest BCUT2D eigenvalue weighted by molar-refractivity contribution is -0.385. The molecular weight excluding hydrogens is 444 g/mol. The zero-order valence-corrected chi connectivity index (χ0v) is 15.8. The molecule has 27 heavy (non-hydrogen) atoms. The Labute approximate surface area is 164 Å². The third kappa shape index (κ3) is 5.76. The van der Waals surface area contributed by atoms with Gasteiger partial charge in [0.1, 0.15) is 5.75 Å². The summed E-state index contributed by atoms with van der Waals surface area (Å²) in [6.07, 6.45) is 1.08. The lowest BCUT2D eigenvalue weighted by Gasteiger charge is -2.03. The Morgan fingerprint density at radius 3 is 2.41 bits per heavy atom. The number of benzene rings is 2. The van der Waals surface area contributed by atoms with E-state index < -0.39 is 15.8 Å². The minimum absolute atomic E-state index is 0.000233. The number of amides is 1. The first kappa shape index (κ1) is 20.3. The Morgan fingerprint density at radius 1 is 1.19 bits per heavy atom. The highest BCUT2D eigenvalue weighted by molar-refractivity contribution is 9.10. The van der Waals surface area contributed by atoms with E-state index in [1.54, 1.807) is 0 Å². The number of carbonyl (C=O) groups excluding carboxylic acids is 1. The van der Waals surface area contributed by atoms with Crippen LogP contribution in [0.25, 0.3) is 0 Å². The molecule has 10 nitrogen and oxygen atoms in total. The van der Waals surface area contributed by atoms with Crippen LogP contribution in [-0.2, 0) is 4.79 Å². The van der Waals surface area contributed by atoms with Gasteiger partial charge in [-0.1, -0.05) is 0 Å². The van der Waals surface area contributed by atoms with Crippen molar-refractivity contribution in [1.82, 2.24) is 5.43 Å². The number of hydrogen-bond donors (Lipinski definition) is 2. The van der Waals surface area contributed by atoms with Gasteiger partial charge in [0.15, 0.2) is 0 Å². The van der Waals surface area contributed by atoms with Crippen LogP contribution in [-0.4, -0.2) is 32.8 Å². The van der Waals surface area contributed by atoms with Crippen LogP contribution in [0.1, 0.15) is 5.56 Å². The highest BCUT2D eigenvalue weighted by atomic mass is 79.9. The number of phenols is 1. The Morgan fingerprint density at radius 2 is 1.81 bits per heavy atom. The van der Waals surface area contributed by atoms with Gasteiger partial charge in [-0.2, -0.15) is 5.10 Å². The van der Waals surface area contributed by atoms with Crippen molar-refractivity contribution in [3.05, 3.63) is 66.7 Å². The van der Waals surface area contributed by atoms with E-state index in [4.69, 9.17) is 0 Å². The van der Waals surface area contributed by atoms with Crippen molar-refractivity contribution < 1.29 is 19.7 Å². The molecule has 2 aromatic rings. The molecule has 2 aromatic carbocycles. The van der Waals surface area contributed by atoms with Crippen molar-refractivity contribution in [3.8, 4) is 5.75 Å². The molecule has 0 atom stereocenters. The summed E-state index contributed by atoms with van der Waals surface area (Å²) in [5, 5.41) is 34.9. The van der Waals surface area contributed by atoms with E-state index in [0.29, 0.717) is 4.90 Å². The monoisotopic (exact) mass is 454 g/mol. The van der Waals surface area contributed by atoms with Crippen molar-refractivity contribution >= 4 is 51.2 Å². The Hall–Kier alpha value is -2.99. The zero-order valence-electron chi connectivity index (χ0n) is 13.4. The highest BCUT2D eigenvalue weighted by Gasteiger charge is 2.13. The summed E-state index contributed by atoms with van der Waals surface area (Å²) in [6.45, 7) is 0. The molecule has 0 aliphatic rings. The number of nitro benzene ring substituents is 2. The average molecular weight is 455 g/mol. The molecule has 0 aromatic heterocycles. The number of carbonyl (C=O) groups is 1. The Balaban J connectivity index is 1.93. The van der Waals surface area contributed by atoms with Gasteiger partial charge in [-0.15, -0.1) is 11.8 Å². The van der Waals surface area contributed by atoms with E-state index in [2.05, 4.69) is 26.5 Å². The highest BCUT2D eigenvalue weighted by Crippen LogP contribution is 2.31. The molecule has 0 saturated carbocycles. The van der Waals surface area contributed by atoms with Crippen molar-refractivity contribution in [2.75, 3.05) is 5.75 Å². The maximum absolute atomic E-state index is 11.8. The first-order valence-corrected chi connectivity index (χ1v) is 8.92. The van der Waals surface area contributed by atoms with Crippen LogP contribution in [0.2, 0.25) is 0 Å². The molecule has 0 bridgehead atoms. The molecule has 1 amide bonds. The second kappa shape index (κ2) is 9.09. The van der Waals surface area contributed by atoms with Crippen molar-refractivity contribution in [2.45, 2.75) is 4.90 Å². The number of halogens is 1. The van der Waals surface area contributed by atoms with Gasteiger partial charge in [0.2, 0.25) is 5.91 Å². The van der Waals surface area contributed by atoms with E-state index in [1.807, 2.05) is 0 Å². The van der Waals surface area contributed by atoms with E-state index in [9.17, 15) is 30.1 Å². The maximum atomic E-state index is 11.8. The molecule has 0 aliphatic heterocycles. The number of rotatable bonds is 7. The van der Waals surface area contributed by atoms with Gasteiger partial charge in [-0.05, 0) is 28.1 Å². The predicted octanol–water partition coefficient (Wildman–Crippen LogP) is 3.21. The standard InChI is InChI=1S/C15H11BrN4O6S/c16-13-6-11(20(25)26)5-9(15(13)22)7-17-18-14(21)8-27-12-3-1-10(2-4-12)19(23)24/h1-7,22H,8H2,(H,18,21)/b17-7-. The largest absolute Gasteiger partial charge is 0.506 e. The fourth-order valence-electron chi connectivity index (χ4n) is 1.83. The van der Waals surface area contributed by atoms with Crippen LogP contribution in [0.4, 0.5) is 11.4 Å². The molecule has 0 spiro atoms. The third-order valence-electron chi connectivity index (χ3n) is 3.10. The lowest BCUT2D eigenvalue weighted by atomic mass is 10.2. The second-order valence-electron chi connectivity index (χ2n) is 4.96. The molecule has 0 saturated heterocycles. The fraction of sp³-hybridized carbons (Fsp3) is 0.0667. The average Bonchev–Trinajstić information content (AvgIpc) is 2.63. The quantitative estimate of drug-likeness (QED) is 0.282. The molecule has 140 valence electrons. The molecule has 0 unspecified atom stereocenters. The number of nitro groups is 2. The Kier molecular flexibility index (Phi) is 6.85. The number of aromatic hydroxyl groups is 1. The van der Waals surface area contributed by atoms with Gasteiger partial charge in [0.25, 0.3) is 11.4 Å². The van der Waals surface area contributed by atoms with E-state index in [-0.39, 0.29) is 32.9 Å². The zero-order chi connectivity index (χ0) is 20.0. The summed E-state index contributed by atoms with van der Waals surface area (Å²) in [6, 6.07) is 7.98. The van der Waals surface area contributed by atoms with Crippen LogP contribution >= 0.6 is 27.7 Å². The summed E-state index contributed by atoms with van der Waals surface area (Å²) >= 11 is 4.15. The normalized spacial score (nSPS) is 10.7. The topological polar surface area (TPSA) is 148 Å². The van der Waals surface area contributed by atoms with Gasteiger partial charge < -0.3 is 5.11 Å². The molecule has 0 radical (unpaired) electrons. The van der Waals surface area contributed by atoms with Crippen molar-refractivity contribution in [3.63, 3.8) is 0 Å². The molecular formula is C15H11BrN4O6S. The SMILES string of the molecule is O=C(CSc1ccc([N+](=O)[O-])cc1)N/N=C\c1cc([N+](=O)[O-])cc(Br)c1O. The summed E-state index contributed by atoms with van der Waals surface area (Å²) < 4.78 is 0.123. The molecule has 12 heteroatoms. The number of phenolic OH excluding ortho intramolecular Hbond substituents is 1. The van der Waals surface area contributed by atoms with Crippen LogP contribution < -0.4 is 5.43 Å². The predicted molar refractivity (Wildman–Crippen MR) is 102 cm³/mol. The number of non-ortho nitro benzene ring substituents is 2. The van der Waals surface area contributed by atoms with Crippen molar-refractivity contribution in [2.24, 2.45) is 5.10 Å². The summed E-state index contributed by atoms with van der Waals surface area (Å²) in [7, 11) is 0. The minimum Gasteiger partial charge on any atom is -0.506 e. The Bertz CT molecular complexity index is 919. The van der Waals surface area contributed by atoms with Gasteiger partial charge in [-0.3, -0.25) is 25.0 Å². The minimum atomic E-state index is -0.624. The summed E-state index contributed by atoms with van der Waals surface area (Å²) in [4.78, 5) is 32.7. The van der Waals surface area contributed by atoms with Crippen LogP contribution in [0.3, 0.4) is 0 Å². The molecule has 2 N–H and O–H groups in total. The third-order valence-corrected chi connectivity index (χ3v) is 4.72. The molecule has 2 rings (SSSR count). The summed E-state index contributed by atoms with van der Waals surface area (Å²) in [5.74, 6) is -0.711. The van der Waals surface area contributed by atoms with Gasteiger partial charge in [-0.25, -0.2) is 5.43 Å². The maximum Gasteiger partial charge on any atom is 0.271 e. The number of thioether (sulfide) groups is 1. The van der Waals surface area contributed by atoms with Crippen LogP contribution in [0.15, 0.2) is 50.9 Å². The van der Waals surface area contributed by atoms with Gasteiger partial charge >= 0.3 is 0 Å². The van der Waals surface area contributed by atoms with Crippen LogP contribution in [0.5, 0.6) is 5.75 Å². The van der Waals surface area contributed by atoms with Gasteiger partial charge in [0, 0.05) is 34.7 Å². The van der Waals surface area contributed by atoms with E-state index in [0.717, 1.165) is 30.1 Å². The second-order valence-corrected chi connectivity index (χ2v) is 6.86.